The summed E-state index contributed by atoms with van der Waals surface area (Å²) in [5.74, 6) is -0.942. The van der Waals surface area contributed by atoms with Crippen molar-refractivity contribution in [2.45, 2.75) is 44.1 Å². The first-order valence-corrected chi connectivity index (χ1v) is 6.10. The van der Waals surface area contributed by atoms with Crippen LogP contribution in [0.1, 0.15) is 38.5 Å². The predicted molar refractivity (Wildman–Crippen MR) is 63.7 cm³/mol. The van der Waals surface area contributed by atoms with Gasteiger partial charge < -0.3 is 21.5 Å². The van der Waals surface area contributed by atoms with Crippen LogP contribution in [0.15, 0.2) is 0 Å². The minimum Gasteiger partial charge on any atom is -0.480 e. The van der Waals surface area contributed by atoms with Crippen molar-refractivity contribution in [1.29, 1.82) is 0 Å². The Hall–Kier alpha value is -1.30. The summed E-state index contributed by atoms with van der Waals surface area (Å²) in [6.07, 6.45) is 4.73. The van der Waals surface area contributed by atoms with Crippen molar-refractivity contribution in [3.63, 3.8) is 0 Å². The number of carbonyl (C=O) groups is 2. The van der Waals surface area contributed by atoms with Crippen LogP contribution in [0.25, 0.3) is 0 Å². The van der Waals surface area contributed by atoms with Crippen LogP contribution in [0.3, 0.4) is 0 Å². The van der Waals surface area contributed by atoms with Gasteiger partial charge in [0.1, 0.15) is 5.54 Å². The Balaban J connectivity index is 2.63. The maximum Gasteiger partial charge on any atom is 0.329 e. The van der Waals surface area contributed by atoms with Crippen molar-refractivity contribution in [3.05, 3.63) is 0 Å². The number of hydrogen-bond acceptors (Lipinski definition) is 3. The van der Waals surface area contributed by atoms with E-state index in [0.717, 1.165) is 25.7 Å². The fraction of sp³-hybridized carbons (Fsp3) is 0.818. The van der Waals surface area contributed by atoms with Crippen LogP contribution in [0.2, 0.25) is 0 Å². The van der Waals surface area contributed by atoms with Gasteiger partial charge in [-0.2, -0.15) is 0 Å². The molecule has 0 saturated heterocycles. The molecule has 1 rings (SSSR count). The number of nitrogens with two attached hydrogens (primary N) is 1. The topological polar surface area (TPSA) is 104 Å². The van der Waals surface area contributed by atoms with Gasteiger partial charge in [-0.25, -0.2) is 9.59 Å². The van der Waals surface area contributed by atoms with E-state index in [0.29, 0.717) is 25.9 Å². The molecule has 6 nitrogen and oxygen atoms in total. The van der Waals surface area contributed by atoms with Crippen LogP contribution in [0, 0.1) is 0 Å². The van der Waals surface area contributed by atoms with Crippen molar-refractivity contribution >= 4 is 12.0 Å². The van der Waals surface area contributed by atoms with E-state index in [1.54, 1.807) is 0 Å². The third kappa shape index (κ3) is 3.89. The van der Waals surface area contributed by atoms with Crippen LogP contribution in [-0.4, -0.2) is 35.7 Å². The summed E-state index contributed by atoms with van der Waals surface area (Å²) in [6, 6.07) is -0.445. The molecule has 0 aromatic carbocycles. The Kier molecular flexibility index (Phi) is 5.21. The van der Waals surface area contributed by atoms with E-state index < -0.39 is 17.5 Å². The van der Waals surface area contributed by atoms with Crippen LogP contribution in [0.4, 0.5) is 4.79 Å². The summed E-state index contributed by atoms with van der Waals surface area (Å²) >= 11 is 0. The number of rotatable bonds is 4. The molecule has 0 spiro atoms. The number of carboxylic acid groups (broad SMARTS) is 1. The lowest BCUT2D eigenvalue weighted by Crippen LogP contribution is -2.57. The molecular weight excluding hydrogens is 222 g/mol. The molecule has 0 unspecified atom stereocenters. The van der Waals surface area contributed by atoms with Crippen molar-refractivity contribution in [2.75, 3.05) is 13.1 Å². The zero-order valence-corrected chi connectivity index (χ0v) is 10.00. The minimum atomic E-state index is -1.10. The van der Waals surface area contributed by atoms with Gasteiger partial charge in [0.25, 0.3) is 0 Å². The maximum absolute atomic E-state index is 11.6. The molecule has 1 aliphatic carbocycles. The number of carbonyl (C=O) groups excluding carboxylic acids is 1. The molecule has 1 saturated carbocycles. The quantitative estimate of drug-likeness (QED) is 0.537. The Morgan fingerprint density at radius 1 is 1.18 bits per heavy atom. The molecule has 0 heterocycles. The molecule has 5 N–H and O–H groups in total. The molecule has 0 bridgehead atoms. The molecule has 0 aliphatic heterocycles. The average molecular weight is 243 g/mol. The zero-order valence-electron chi connectivity index (χ0n) is 10.00. The van der Waals surface area contributed by atoms with Gasteiger partial charge in [0.15, 0.2) is 0 Å². The molecule has 17 heavy (non-hydrogen) atoms. The molecule has 98 valence electrons. The first-order valence-electron chi connectivity index (χ1n) is 6.10. The fourth-order valence-electron chi connectivity index (χ4n) is 2.17. The summed E-state index contributed by atoms with van der Waals surface area (Å²) in [5, 5.41) is 14.5. The monoisotopic (exact) mass is 243 g/mol. The first-order chi connectivity index (χ1) is 8.10. The maximum atomic E-state index is 11.6. The lowest BCUT2D eigenvalue weighted by atomic mass is 9.90. The van der Waals surface area contributed by atoms with Gasteiger partial charge in [-0.05, 0) is 12.8 Å². The zero-order chi connectivity index (χ0) is 12.7. The van der Waals surface area contributed by atoms with Crippen molar-refractivity contribution in [3.8, 4) is 0 Å². The minimum absolute atomic E-state index is 0.341. The Morgan fingerprint density at radius 3 is 2.24 bits per heavy atom. The highest BCUT2D eigenvalue weighted by Gasteiger charge is 2.39. The Bertz CT molecular complexity index is 273. The summed E-state index contributed by atoms with van der Waals surface area (Å²) in [4.78, 5) is 22.9. The number of carboxylic acids is 1. The second-order valence-corrected chi connectivity index (χ2v) is 4.47. The van der Waals surface area contributed by atoms with E-state index >= 15 is 0 Å². The smallest absolute Gasteiger partial charge is 0.329 e. The second-order valence-electron chi connectivity index (χ2n) is 4.47. The summed E-state index contributed by atoms with van der Waals surface area (Å²) in [7, 11) is 0. The largest absolute Gasteiger partial charge is 0.480 e. The Labute approximate surface area is 101 Å². The van der Waals surface area contributed by atoms with E-state index in [1.807, 2.05) is 0 Å². The van der Waals surface area contributed by atoms with Crippen LogP contribution in [-0.2, 0) is 4.79 Å². The van der Waals surface area contributed by atoms with Crippen LogP contribution >= 0.6 is 0 Å². The van der Waals surface area contributed by atoms with Gasteiger partial charge in [-0.1, -0.05) is 25.7 Å². The second kappa shape index (κ2) is 6.44. The summed E-state index contributed by atoms with van der Waals surface area (Å²) < 4.78 is 0. The van der Waals surface area contributed by atoms with Crippen molar-refractivity contribution in [2.24, 2.45) is 5.73 Å². The highest BCUT2D eigenvalue weighted by molar-refractivity contribution is 5.86. The van der Waals surface area contributed by atoms with E-state index in [-0.39, 0.29) is 0 Å². The number of aliphatic carboxylic acids is 1. The number of urea groups is 1. The molecule has 0 aromatic heterocycles. The van der Waals surface area contributed by atoms with Gasteiger partial charge in [0, 0.05) is 13.1 Å². The SMILES string of the molecule is NCCNC(=O)NC1(C(=O)O)CCCCCC1. The third-order valence-corrected chi connectivity index (χ3v) is 3.15. The number of nitrogens with one attached hydrogen (secondary N) is 2. The van der Waals surface area contributed by atoms with Gasteiger partial charge in [0.2, 0.25) is 0 Å². The standard InChI is InChI=1S/C11H21N3O3/c12-7-8-13-10(17)14-11(9(15)16)5-3-1-2-4-6-11/h1-8,12H2,(H,15,16)(H2,13,14,17). The highest BCUT2D eigenvalue weighted by atomic mass is 16.4. The number of hydrogen-bond donors (Lipinski definition) is 4. The molecule has 2 amide bonds. The van der Waals surface area contributed by atoms with Crippen LogP contribution in [0.5, 0.6) is 0 Å². The molecular formula is C11H21N3O3. The third-order valence-electron chi connectivity index (χ3n) is 3.15. The van der Waals surface area contributed by atoms with E-state index in [1.165, 1.54) is 0 Å². The molecule has 6 heteroatoms. The molecule has 0 radical (unpaired) electrons. The normalized spacial score (nSPS) is 19.1. The molecule has 1 fully saturated rings. The van der Waals surface area contributed by atoms with Gasteiger partial charge in [-0.3, -0.25) is 0 Å². The molecule has 0 atom stereocenters. The fourth-order valence-corrected chi connectivity index (χ4v) is 2.17. The van der Waals surface area contributed by atoms with E-state index in [9.17, 15) is 14.7 Å². The average Bonchev–Trinajstić information content (AvgIpc) is 2.53. The van der Waals surface area contributed by atoms with E-state index in [4.69, 9.17) is 5.73 Å². The van der Waals surface area contributed by atoms with Gasteiger partial charge >= 0.3 is 12.0 Å². The first kappa shape index (κ1) is 13.8. The van der Waals surface area contributed by atoms with Crippen molar-refractivity contribution in [1.82, 2.24) is 10.6 Å². The lowest BCUT2D eigenvalue weighted by molar-refractivity contribution is -0.145. The lowest BCUT2D eigenvalue weighted by Gasteiger charge is -2.29. The van der Waals surface area contributed by atoms with Crippen molar-refractivity contribution < 1.29 is 14.7 Å². The van der Waals surface area contributed by atoms with Gasteiger partial charge in [0.05, 0.1) is 0 Å². The molecule has 0 aromatic rings. The summed E-state index contributed by atoms with van der Waals surface area (Å²) in [6.45, 7) is 0.690. The predicted octanol–water partition coefficient (Wildman–Crippen LogP) is 0.422. The highest BCUT2D eigenvalue weighted by Crippen LogP contribution is 2.27. The number of amides is 2. The summed E-state index contributed by atoms with van der Waals surface area (Å²) in [5.41, 5.74) is 4.17. The van der Waals surface area contributed by atoms with E-state index in [2.05, 4.69) is 10.6 Å². The molecule has 1 aliphatic rings. The van der Waals surface area contributed by atoms with Crippen LogP contribution < -0.4 is 16.4 Å². The van der Waals surface area contributed by atoms with Gasteiger partial charge in [-0.15, -0.1) is 0 Å². The Morgan fingerprint density at radius 2 is 1.76 bits per heavy atom.